The second kappa shape index (κ2) is 9.65. The quantitative estimate of drug-likeness (QED) is 0.290. The molecular formula is C31H31NO4. The minimum Gasteiger partial charge on any atom is -0.494 e. The van der Waals surface area contributed by atoms with Gasteiger partial charge in [-0.3, -0.25) is 14.5 Å². The van der Waals surface area contributed by atoms with Crippen molar-refractivity contribution >= 4 is 22.6 Å². The zero-order valence-electron chi connectivity index (χ0n) is 21.2. The van der Waals surface area contributed by atoms with Gasteiger partial charge >= 0.3 is 0 Å². The molecule has 5 heteroatoms. The third kappa shape index (κ3) is 4.30. The van der Waals surface area contributed by atoms with E-state index in [1.165, 1.54) is 5.56 Å². The van der Waals surface area contributed by atoms with Gasteiger partial charge in [0.2, 0.25) is 5.76 Å². The van der Waals surface area contributed by atoms with E-state index in [1.807, 2.05) is 67.6 Å². The van der Waals surface area contributed by atoms with E-state index in [0.717, 1.165) is 35.4 Å². The highest BCUT2D eigenvalue weighted by molar-refractivity contribution is 6.10. The molecular weight excluding hydrogens is 450 g/mol. The molecule has 2 heterocycles. The van der Waals surface area contributed by atoms with Crippen molar-refractivity contribution in [3.8, 4) is 5.75 Å². The molecule has 36 heavy (non-hydrogen) atoms. The number of fused-ring (bicyclic) bond motifs is 2. The number of carbonyl (C=O) groups excluding carboxylic acids is 1. The molecule has 1 aliphatic rings. The Morgan fingerprint density at radius 1 is 1.00 bits per heavy atom. The first-order chi connectivity index (χ1) is 17.4. The lowest BCUT2D eigenvalue weighted by atomic mass is 9.97. The molecule has 1 unspecified atom stereocenters. The minimum absolute atomic E-state index is 0.104. The van der Waals surface area contributed by atoms with Crippen LogP contribution in [0.1, 0.15) is 66.0 Å². The van der Waals surface area contributed by atoms with E-state index in [4.69, 9.17) is 9.15 Å². The Bertz CT molecular complexity index is 1480. The van der Waals surface area contributed by atoms with Crippen LogP contribution in [0.2, 0.25) is 0 Å². The van der Waals surface area contributed by atoms with E-state index in [0.29, 0.717) is 29.1 Å². The highest BCUT2D eigenvalue weighted by Crippen LogP contribution is 2.42. The van der Waals surface area contributed by atoms with Gasteiger partial charge in [0.25, 0.3) is 5.91 Å². The molecule has 1 amide bonds. The molecule has 3 aromatic carbocycles. The lowest BCUT2D eigenvalue weighted by Gasteiger charge is -2.26. The van der Waals surface area contributed by atoms with Crippen LogP contribution in [0, 0.1) is 12.8 Å². The first-order valence-electron chi connectivity index (χ1n) is 12.6. The molecule has 0 fully saturated rings. The summed E-state index contributed by atoms with van der Waals surface area (Å²) in [6.45, 7) is 8.96. The molecule has 5 rings (SSSR count). The Labute approximate surface area is 211 Å². The van der Waals surface area contributed by atoms with Crippen LogP contribution < -0.4 is 15.1 Å². The van der Waals surface area contributed by atoms with Gasteiger partial charge in [0, 0.05) is 5.69 Å². The van der Waals surface area contributed by atoms with Gasteiger partial charge in [-0.05, 0) is 73.2 Å². The lowest BCUT2D eigenvalue weighted by Crippen LogP contribution is -2.29. The van der Waals surface area contributed by atoms with Crippen molar-refractivity contribution in [1.82, 2.24) is 0 Å². The summed E-state index contributed by atoms with van der Waals surface area (Å²) in [4.78, 5) is 29.3. The molecule has 1 atom stereocenters. The maximum atomic E-state index is 13.8. The van der Waals surface area contributed by atoms with Crippen molar-refractivity contribution in [2.45, 2.75) is 46.6 Å². The van der Waals surface area contributed by atoms with Crippen molar-refractivity contribution in [2.75, 3.05) is 11.5 Å². The number of carbonyl (C=O) groups is 1. The third-order valence-corrected chi connectivity index (χ3v) is 6.79. The first-order valence-corrected chi connectivity index (χ1v) is 12.6. The number of nitrogens with zero attached hydrogens (tertiary/aromatic N) is 1. The third-order valence-electron chi connectivity index (χ3n) is 6.79. The van der Waals surface area contributed by atoms with Crippen LogP contribution in [0.15, 0.2) is 75.9 Å². The zero-order chi connectivity index (χ0) is 25.4. The summed E-state index contributed by atoms with van der Waals surface area (Å²) >= 11 is 0. The number of amides is 1. The van der Waals surface area contributed by atoms with Crippen LogP contribution in [0.5, 0.6) is 5.75 Å². The second-order valence-electron chi connectivity index (χ2n) is 9.87. The first kappa shape index (κ1) is 23.9. The number of hydrogen-bond acceptors (Lipinski definition) is 4. The largest absolute Gasteiger partial charge is 0.494 e. The SMILES string of the molecule is CCc1ccc(N2C(=O)c3oc4ccc(C)cc4c(=O)c3C2c2cccc(OCCC(C)C)c2)cc1. The van der Waals surface area contributed by atoms with Crippen molar-refractivity contribution < 1.29 is 13.9 Å². The molecule has 0 saturated carbocycles. The summed E-state index contributed by atoms with van der Waals surface area (Å²) < 4.78 is 12.1. The molecule has 0 aliphatic carbocycles. The van der Waals surface area contributed by atoms with Crippen LogP contribution >= 0.6 is 0 Å². The fourth-order valence-electron chi connectivity index (χ4n) is 4.75. The topological polar surface area (TPSA) is 59.8 Å². The van der Waals surface area contributed by atoms with Crippen LogP contribution in [-0.2, 0) is 6.42 Å². The number of benzene rings is 3. The number of aryl methyl sites for hydroxylation is 2. The normalized spacial score (nSPS) is 15.1. The van der Waals surface area contributed by atoms with Crippen LogP contribution in [0.4, 0.5) is 5.69 Å². The number of rotatable bonds is 7. The van der Waals surface area contributed by atoms with Gasteiger partial charge in [0.1, 0.15) is 11.3 Å². The zero-order valence-corrected chi connectivity index (χ0v) is 21.2. The molecule has 0 N–H and O–H groups in total. The van der Waals surface area contributed by atoms with Crippen molar-refractivity contribution in [3.05, 3.63) is 105 Å². The van der Waals surface area contributed by atoms with Gasteiger partial charge in [-0.1, -0.05) is 56.7 Å². The molecule has 0 radical (unpaired) electrons. The Morgan fingerprint density at radius 2 is 1.78 bits per heavy atom. The minimum atomic E-state index is -0.616. The van der Waals surface area contributed by atoms with E-state index in [9.17, 15) is 9.59 Å². The van der Waals surface area contributed by atoms with Gasteiger partial charge < -0.3 is 9.15 Å². The van der Waals surface area contributed by atoms with E-state index >= 15 is 0 Å². The summed E-state index contributed by atoms with van der Waals surface area (Å²) in [5.41, 5.74) is 4.29. The van der Waals surface area contributed by atoms with Crippen molar-refractivity contribution in [3.63, 3.8) is 0 Å². The Balaban J connectivity index is 1.67. The summed E-state index contributed by atoms with van der Waals surface area (Å²) in [5.74, 6) is 1.05. The average Bonchev–Trinajstić information content (AvgIpc) is 3.17. The van der Waals surface area contributed by atoms with E-state index < -0.39 is 6.04 Å². The van der Waals surface area contributed by atoms with Crippen LogP contribution in [-0.4, -0.2) is 12.5 Å². The molecule has 0 saturated heterocycles. The molecule has 4 aromatic rings. The van der Waals surface area contributed by atoms with E-state index in [2.05, 4.69) is 20.8 Å². The van der Waals surface area contributed by atoms with E-state index in [-0.39, 0.29) is 17.1 Å². The predicted octanol–water partition coefficient (Wildman–Crippen LogP) is 6.84. The average molecular weight is 482 g/mol. The highest BCUT2D eigenvalue weighted by Gasteiger charge is 2.43. The fourth-order valence-corrected chi connectivity index (χ4v) is 4.75. The van der Waals surface area contributed by atoms with Gasteiger partial charge in [0.05, 0.1) is 23.6 Å². The summed E-state index contributed by atoms with van der Waals surface area (Å²) in [6, 6.07) is 20.5. The summed E-state index contributed by atoms with van der Waals surface area (Å²) in [6.07, 6.45) is 1.85. The monoisotopic (exact) mass is 481 g/mol. The molecule has 184 valence electrons. The Hall–Kier alpha value is -3.86. The lowest BCUT2D eigenvalue weighted by molar-refractivity contribution is 0.0971. The summed E-state index contributed by atoms with van der Waals surface area (Å²) in [5, 5.41) is 0.485. The predicted molar refractivity (Wildman–Crippen MR) is 143 cm³/mol. The maximum Gasteiger partial charge on any atom is 0.295 e. The molecule has 5 nitrogen and oxygen atoms in total. The maximum absolute atomic E-state index is 13.8. The van der Waals surface area contributed by atoms with E-state index in [1.54, 1.807) is 11.0 Å². The van der Waals surface area contributed by atoms with Gasteiger partial charge in [0.15, 0.2) is 5.43 Å². The summed E-state index contributed by atoms with van der Waals surface area (Å²) in [7, 11) is 0. The van der Waals surface area contributed by atoms with Gasteiger partial charge in [-0.25, -0.2) is 0 Å². The smallest absolute Gasteiger partial charge is 0.295 e. The van der Waals surface area contributed by atoms with Gasteiger partial charge in [-0.2, -0.15) is 0 Å². The van der Waals surface area contributed by atoms with Crippen LogP contribution in [0.25, 0.3) is 11.0 Å². The van der Waals surface area contributed by atoms with Crippen molar-refractivity contribution in [1.29, 1.82) is 0 Å². The fraction of sp³-hybridized carbons (Fsp3) is 0.290. The number of ether oxygens (including phenoxy) is 1. The molecule has 0 bridgehead atoms. The number of hydrogen-bond donors (Lipinski definition) is 0. The second-order valence-corrected chi connectivity index (χ2v) is 9.87. The molecule has 1 aromatic heterocycles. The Morgan fingerprint density at radius 3 is 2.50 bits per heavy atom. The number of anilines is 1. The highest BCUT2D eigenvalue weighted by atomic mass is 16.5. The van der Waals surface area contributed by atoms with Crippen LogP contribution in [0.3, 0.4) is 0 Å². The molecule has 0 spiro atoms. The Kier molecular flexibility index (Phi) is 6.40. The van der Waals surface area contributed by atoms with Gasteiger partial charge in [-0.15, -0.1) is 0 Å². The van der Waals surface area contributed by atoms with Crippen molar-refractivity contribution in [2.24, 2.45) is 5.92 Å². The standard InChI is InChI=1S/C31H31NO4/c1-5-21-10-12-23(13-11-21)32-28(22-7-6-8-24(18-22)35-16-15-19(2)3)27-29(33)25-17-20(4)9-14-26(25)36-30(27)31(32)34/h6-14,17-19,28H,5,15-16H2,1-4H3. The molecule has 1 aliphatic heterocycles.